The van der Waals surface area contributed by atoms with Crippen molar-refractivity contribution in [2.75, 3.05) is 27.2 Å². The molecule has 0 aliphatic heterocycles. The SMILES string of the molecule is C=CCCCCC(CCCCC=C)OCCCN(C)C.CC. The highest BCUT2D eigenvalue weighted by atomic mass is 16.5. The second kappa shape index (κ2) is 20.4. The van der Waals surface area contributed by atoms with Gasteiger partial charge < -0.3 is 9.64 Å². The van der Waals surface area contributed by atoms with Crippen LogP contribution in [0, 0.1) is 0 Å². The lowest BCUT2D eigenvalue weighted by molar-refractivity contribution is 0.0345. The van der Waals surface area contributed by atoms with Crippen LogP contribution in [0.2, 0.25) is 0 Å². The minimum absolute atomic E-state index is 0.451. The van der Waals surface area contributed by atoms with Crippen LogP contribution >= 0.6 is 0 Å². The molecular formula is C20H41NO. The second-order valence-electron chi connectivity index (χ2n) is 5.80. The summed E-state index contributed by atoms with van der Waals surface area (Å²) in [6.07, 6.45) is 15.3. The first kappa shape index (κ1) is 23.7. The highest BCUT2D eigenvalue weighted by molar-refractivity contribution is 4.69. The quantitative estimate of drug-likeness (QED) is 0.278. The van der Waals surface area contributed by atoms with Gasteiger partial charge in [0.2, 0.25) is 0 Å². The number of unbranched alkanes of at least 4 members (excludes halogenated alkanes) is 4. The van der Waals surface area contributed by atoms with E-state index in [1.807, 2.05) is 26.0 Å². The molecule has 0 unspecified atom stereocenters. The fourth-order valence-electron chi connectivity index (χ4n) is 2.26. The van der Waals surface area contributed by atoms with Crippen molar-refractivity contribution < 1.29 is 4.74 Å². The molecule has 0 N–H and O–H groups in total. The average Bonchev–Trinajstić information content (AvgIpc) is 2.53. The molecular weight excluding hydrogens is 270 g/mol. The first-order valence-electron chi connectivity index (χ1n) is 9.18. The molecule has 0 amide bonds. The van der Waals surface area contributed by atoms with Crippen LogP contribution in [-0.2, 0) is 4.74 Å². The minimum Gasteiger partial charge on any atom is -0.378 e. The van der Waals surface area contributed by atoms with Crippen molar-refractivity contribution in [1.82, 2.24) is 4.90 Å². The van der Waals surface area contributed by atoms with Gasteiger partial charge in [0.05, 0.1) is 6.10 Å². The Kier molecular flexibility index (Phi) is 21.9. The number of rotatable bonds is 15. The molecule has 0 saturated carbocycles. The summed E-state index contributed by atoms with van der Waals surface area (Å²) in [6, 6.07) is 0. The Bertz CT molecular complexity index is 210. The van der Waals surface area contributed by atoms with Gasteiger partial charge in [0, 0.05) is 6.61 Å². The zero-order valence-electron chi connectivity index (χ0n) is 15.8. The summed E-state index contributed by atoms with van der Waals surface area (Å²) in [6.45, 7) is 13.6. The van der Waals surface area contributed by atoms with Crippen LogP contribution in [0.3, 0.4) is 0 Å². The van der Waals surface area contributed by atoms with Crippen molar-refractivity contribution >= 4 is 0 Å². The van der Waals surface area contributed by atoms with Crippen LogP contribution in [-0.4, -0.2) is 38.3 Å². The smallest absolute Gasteiger partial charge is 0.0575 e. The number of allylic oxidation sites excluding steroid dienone is 2. The molecule has 0 radical (unpaired) electrons. The fraction of sp³-hybridized carbons (Fsp3) is 0.800. The van der Waals surface area contributed by atoms with Crippen molar-refractivity contribution in [3.63, 3.8) is 0 Å². The highest BCUT2D eigenvalue weighted by Crippen LogP contribution is 2.15. The zero-order valence-corrected chi connectivity index (χ0v) is 15.8. The van der Waals surface area contributed by atoms with Gasteiger partial charge in [0.15, 0.2) is 0 Å². The van der Waals surface area contributed by atoms with Crippen LogP contribution in [0.5, 0.6) is 0 Å². The number of hydrogen-bond donors (Lipinski definition) is 0. The number of ether oxygens (including phenoxy) is 1. The third-order valence-electron chi connectivity index (χ3n) is 3.47. The molecule has 0 rings (SSSR count). The molecule has 0 aromatic heterocycles. The highest BCUT2D eigenvalue weighted by Gasteiger charge is 2.08. The molecule has 0 atom stereocenters. The molecule has 0 heterocycles. The summed E-state index contributed by atoms with van der Waals surface area (Å²) in [7, 11) is 4.23. The Labute approximate surface area is 140 Å². The minimum atomic E-state index is 0.451. The van der Waals surface area contributed by atoms with Gasteiger partial charge in [-0.2, -0.15) is 0 Å². The molecule has 0 bridgehead atoms. The largest absolute Gasteiger partial charge is 0.378 e. The standard InChI is InChI=1S/C18H35NO.C2H6/c1-5-7-9-11-14-18(15-12-10-8-6-2)20-17-13-16-19(3)4;1-2/h5-6,18H,1-2,7-17H2,3-4H3;1-2H3. The normalized spacial score (nSPS) is 10.5. The van der Waals surface area contributed by atoms with Gasteiger partial charge in [0.25, 0.3) is 0 Å². The lowest BCUT2D eigenvalue weighted by Gasteiger charge is -2.18. The average molecular weight is 312 g/mol. The van der Waals surface area contributed by atoms with Gasteiger partial charge in [-0.1, -0.05) is 38.8 Å². The maximum Gasteiger partial charge on any atom is 0.0575 e. The topological polar surface area (TPSA) is 12.5 Å². The summed E-state index contributed by atoms with van der Waals surface area (Å²) in [5.41, 5.74) is 0. The fourth-order valence-corrected chi connectivity index (χ4v) is 2.26. The Morgan fingerprint density at radius 3 is 1.77 bits per heavy atom. The summed E-state index contributed by atoms with van der Waals surface area (Å²) >= 11 is 0. The van der Waals surface area contributed by atoms with E-state index in [2.05, 4.69) is 32.2 Å². The molecule has 0 saturated heterocycles. The second-order valence-corrected chi connectivity index (χ2v) is 5.80. The van der Waals surface area contributed by atoms with E-state index in [9.17, 15) is 0 Å². The predicted molar refractivity (Wildman–Crippen MR) is 102 cm³/mol. The summed E-state index contributed by atoms with van der Waals surface area (Å²) in [5.74, 6) is 0. The molecule has 132 valence electrons. The van der Waals surface area contributed by atoms with Gasteiger partial charge in [-0.15, -0.1) is 13.2 Å². The lowest BCUT2D eigenvalue weighted by atomic mass is 10.0. The van der Waals surface area contributed by atoms with E-state index in [1.165, 1.54) is 38.5 Å². The van der Waals surface area contributed by atoms with E-state index in [0.717, 1.165) is 32.4 Å². The van der Waals surface area contributed by atoms with Crippen molar-refractivity contribution in [3.8, 4) is 0 Å². The summed E-state index contributed by atoms with van der Waals surface area (Å²) < 4.78 is 6.07. The van der Waals surface area contributed by atoms with E-state index in [-0.39, 0.29) is 0 Å². The summed E-state index contributed by atoms with van der Waals surface area (Å²) in [4.78, 5) is 2.21. The van der Waals surface area contributed by atoms with Gasteiger partial charge in [-0.25, -0.2) is 0 Å². The monoisotopic (exact) mass is 311 g/mol. The van der Waals surface area contributed by atoms with E-state index in [1.54, 1.807) is 0 Å². The van der Waals surface area contributed by atoms with E-state index < -0.39 is 0 Å². The zero-order chi connectivity index (χ0) is 17.1. The third-order valence-corrected chi connectivity index (χ3v) is 3.47. The third kappa shape index (κ3) is 19.4. The molecule has 2 nitrogen and oxygen atoms in total. The van der Waals surface area contributed by atoms with Crippen molar-refractivity contribution in [1.29, 1.82) is 0 Å². The Morgan fingerprint density at radius 1 is 0.864 bits per heavy atom. The summed E-state index contributed by atoms with van der Waals surface area (Å²) in [5, 5.41) is 0. The van der Waals surface area contributed by atoms with Gasteiger partial charge in [0.1, 0.15) is 0 Å². The van der Waals surface area contributed by atoms with Crippen LogP contribution in [0.4, 0.5) is 0 Å². The van der Waals surface area contributed by atoms with E-state index in [0.29, 0.717) is 6.10 Å². The molecule has 0 fully saturated rings. The Hall–Kier alpha value is -0.600. The van der Waals surface area contributed by atoms with Crippen LogP contribution in [0.25, 0.3) is 0 Å². The van der Waals surface area contributed by atoms with Crippen molar-refractivity contribution in [2.45, 2.75) is 77.7 Å². The Morgan fingerprint density at radius 2 is 1.36 bits per heavy atom. The molecule has 0 aliphatic carbocycles. The molecule has 0 aromatic carbocycles. The molecule has 0 aliphatic rings. The lowest BCUT2D eigenvalue weighted by Crippen LogP contribution is -2.18. The maximum atomic E-state index is 6.07. The number of nitrogens with zero attached hydrogens (tertiary/aromatic N) is 1. The van der Waals surface area contributed by atoms with Crippen LogP contribution in [0.15, 0.2) is 25.3 Å². The molecule has 0 aromatic rings. The predicted octanol–water partition coefficient (Wildman–Crippen LogP) is 5.84. The van der Waals surface area contributed by atoms with Crippen LogP contribution in [0.1, 0.15) is 71.6 Å². The molecule has 0 spiro atoms. The van der Waals surface area contributed by atoms with Gasteiger partial charge >= 0.3 is 0 Å². The molecule has 2 heteroatoms. The van der Waals surface area contributed by atoms with Crippen molar-refractivity contribution in [3.05, 3.63) is 25.3 Å². The first-order valence-corrected chi connectivity index (χ1v) is 9.18. The Balaban J connectivity index is 0. The maximum absolute atomic E-state index is 6.07. The van der Waals surface area contributed by atoms with Crippen LogP contribution < -0.4 is 0 Å². The number of hydrogen-bond acceptors (Lipinski definition) is 2. The first-order chi connectivity index (χ1) is 10.7. The van der Waals surface area contributed by atoms with Gasteiger partial charge in [-0.05, 0) is 65.6 Å². The van der Waals surface area contributed by atoms with Crippen molar-refractivity contribution in [2.24, 2.45) is 0 Å². The molecule has 22 heavy (non-hydrogen) atoms. The van der Waals surface area contributed by atoms with E-state index >= 15 is 0 Å². The van der Waals surface area contributed by atoms with Gasteiger partial charge in [-0.3, -0.25) is 0 Å². The van der Waals surface area contributed by atoms with E-state index in [4.69, 9.17) is 4.74 Å².